The maximum absolute atomic E-state index is 11.8. The Balaban J connectivity index is 1.87. The van der Waals surface area contributed by atoms with E-state index in [4.69, 9.17) is 0 Å². The van der Waals surface area contributed by atoms with Crippen LogP contribution in [0.2, 0.25) is 0 Å². The van der Waals surface area contributed by atoms with E-state index in [2.05, 4.69) is 34.7 Å². The molecule has 0 saturated heterocycles. The molecule has 118 valence electrons. The Morgan fingerprint density at radius 2 is 1.87 bits per heavy atom. The highest BCUT2D eigenvalue weighted by Gasteiger charge is 2.12. The van der Waals surface area contributed by atoms with Gasteiger partial charge in [0.15, 0.2) is 0 Å². The number of aromatic nitrogens is 1. The van der Waals surface area contributed by atoms with Gasteiger partial charge in [-0.3, -0.25) is 14.6 Å². The van der Waals surface area contributed by atoms with Crippen LogP contribution in [0.5, 0.6) is 0 Å². The lowest BCUT2D eigenvalue weighted by atomic mass is 10.0. The minimum Gasteiger partial charge on any atom is -0.318 e. The van der Waals surface area contributed by atoms with Gasteiger partial charge in [-0.15, -0.1) is 0 Å². The second-order valence-corrected chi connectivity index (χ2v) is 5.22. The number of nitrogens with one attached hydrogen (secondary N) is 2. The van der Waals surface area contributed by atoms with E-state index in [0.29, 0.717) is 11.6 Å². The molecule has 2 rings (SSSR count). The van der Waals surface area contributed by atoms with Crippen molar-refractivity contribution in [3.8, 4) is 0 Å². The van der Waals surface area contributed by atoms with Gasteiger partial charge in [0.05, 0.1) is 6.21 Å². The molecule has 0 aliphatic carbocycles. The fraction of sp³-hybridized carbons (Fsp3) is 0.176. The molecule has 0 atom stereocenters. The largest absolute Gasteiger partial charge is 0.329 e. The van der Waals surface area contributed by atoms with Gasteiger partial charge >= 0.3 is 11.8 Å². The SMILES string of the molecule is CC(C)c1ccc(NC(=O)C(=O)N/N=C\c2cccnc2)cc1. The van der Waals surface area contributed by atoms with Crippen molar-refractivity contribution in [1.82, 2.24) is 10.4 Å². The average Bonchev–Trinajstić information content (AvgIpc) is 2.56. The number of nitrogens with zero attached hydrogens (tertiary/aromatic N) is 2. The molecule has 6 heteroatoms. The van der Waals surface area contributed by atoms with Gasteiger partial charge in [-0.2, -0.15) is 5.10 Å². The Morgan fingerprint density at radius 1 is 1.13 bits per heavy atom. The quantitative estimate of drug-likeness (QED) is 0.516. The Hall–Kier alpha value is -3.02. The van der Waals surface area contributed by atoms with Crippen molar-refractivity contribution in [3.63, 3.8) is 0 Å². The number of carbonyl (C=O) groups is 2. The third-order valence-electron chi connectivity index (χ3n) is 3.11. The van der Waals surface area contributed by atoms with Gasteiger partial charge in [0.25, 0.3) is 0 Å². The summed E-state index contributed by atoms with van der Waals surface area (Å²) in [6.07, 6.45) is 4.63. The smallest absolute Gasteiger partial charge is 0.318 e. The Bertz CT molecular complexity index is 694. The molecule has 0 fully saturated rings. The highest BCUT2D eigenvalue weighted by atomic mass is 16.2. The number of rotatable bonds is 4. The first-order chi connectivity index (χ1) is 11.1. The van der Waals surface area contributed by atoms with Gasteiger partial charge in [-0.1, -0.05) is 32.0 Å². The normalized spacial score (nSPS) is 10.7. The second-order valence-electron chi connectivity index (χ2n) is 5.22. The van der Waals surface area contributed by atoms with Crippen LogP contribution < -0.4 is 10.7 Å². The third-order valence-corrected chi connectivity index (χ3v) is 3.11. The molecule has 0 spiro atoms. The van der Waals surface area contributed by atoms with Gasteiger partial charge < -0.3 is 5.32 Å². The molecular weight excluding hydrogens is 292 g/mol. The molecule has 2 N–H and O–H groups in total. The maximum Gasteiger partial charge on any atom is 0.329 e. The van der Waals surface area contributed by atoms with Crippen molar-refractivity contribution in [2.24, 2.45) is 5.10 Å². The van der Waals surface area contributed by atoms with Crippen LogP contribution >= 0.6 is 0 Å². The van der Waals surface area contributed by atoms with E-state index in [0.717, 1.165) is 11.1 Å². The number of carbonyl (C=O) groups excluding carboxylic acids is 2. The van der Waals surface area contributed by atoms with E-state index < -0.39 is 11.8 Å². The predicted octanol–water partition coefficient (Wildman–Crippen LogP) is 2.29. The van der Waals surface area contributed by atoms with Crippen LogP contribution in [0, 0.1) is 0 Å². The zero-order valence-electron chi connectivity index (χ0n) is 13.0. The molecule has 0 radical (unpaired) electrons. The molecule has 2 amide bonds. The number of pyridine rings is 1. The molecule has 0 bridgehead atoms. The zero-order chi connectivity index (χ0) is 16.7. The summed E-state index contributed by atoms with van der Waals surface area (Å²) < 4.78 is 0. The number of amides is 2. The molecule has 0 aliphatic heterocycles. The van der Waals surface area contributed by atoms with Crippen LogP contribution in [0.25, 0.3) is 0 Å². The number of anilines is 1. The van der Waals surface area contributed by atoms with Gasteiger partial charge in [0.1, 0.15) is 0 Å². The molecule has 0 saturated carbocycles. The first-order valence-corrected chi connectivity index (χ1v) is 7.20. The monoisotopic (exact) mass is 310 g/mol. The minimum atomic E-state index is -0.835. The summed E-state index contributed by atoms with van der Waals surface area (Å²) >= 11 is 0. The first kappa shape index (κ1) is 16.4. The molecule has 0 aliphatic rings. The maximum atomic E-state index is 11.8. The second kappa shape index (κ2) is 7.84. The molecule has 23 heavy (non-hydrogen) atoms. The molecule has 0 unspecified atom stereocenters. The van der Waals surface area contributed by atoms with E-state index in [1.165, 1.54) is 6.21 Å². The summed E-state index contributed by atoms with van der Waals surface area (Å²) in [5, 5.41) is 6.24. The summed E-state index contributed by atoms with van der Waals surface area (Å²) in [6, 6.07) is 10.9. The minimum absolute atomic E-state index is 0.407. The number of benzene rings is 1. The lowest BCUT2D eigenvalue weighted by Crippen LogP contribution is -2.32. The molecule has 6 nitrogen and oxygen atoms in total. The Kier molecular flexibility index (Phi) is 5.57. The van der Waals surface area contributed by atoms with Crippen LogP contribution in [0.1, 0.15) is 30.9 Å². The summed E-state index contributed by atoms with van der Waals surface area (Å²) in [4.78, 5) is 27.3. The van der Waals surface area contributed by atoms with Gasteiger partial charge in [0.2, 0.25) is 0 Å². The lowest BCUT2D eigenvalue weighted by Gasteiger charge is -2.07. The van der Waals surface area contributed by atoms with Crippen LogP contribution in [0.15, 0.2) is 53.9 Å². The van der Waals surface area contributed by atoms with Crippen molar-refractivity contribution < 1.29 is 9.59 Å². The van der Waals surface area contributed by atoms with Gasteiger partial charge in [0, 0.05) is 23.6 Å². The van der Waals surface area contributed by atoms with Crippen LogP contribution in [-0.2, 0) is 9.59 Å². The summed E-state index contributed by atoms with van der Waals surface area (Å²) in [7, 11) is 0. The summed E-state index contributed by atoms with van der Waals surface area (Å²) in [5.41, 5.74) is 4.61. The topological polar surface area (TPSA) is 83.5 Å². The first-order valence-electron chi connectivity index (χ1n) is 7.20. The highest BCUT2D eigenvalue weighted by molar-refractivity contribution is 6.39. The van der Waals surface area contributed by atoms with Gasteiger partial charge in [-0.25, -0.2) is 5.43 Å². The van der Waals surface area contributed by atoms with Crippen molar-refractivity contribution >= 4 is 23.7 Å². The van der Waals surface area contributed by atoms with E-state index in [9.17, 15) is 9.59 Å². The predicted molar refractivity (Wildman–Crippen MR) is 89.1 cm³/mol. The Labute approximate surface area is 134 Å². The molecule has 1 heterocycles. The van der Waals surface area contributed by atoms with E-state index in [1.807, 2.05) is 12.1 Å². The van der Waals surface area contributed by atoms with E-state index in [1.54, 1.807) is 36.7 Å². The number of hydrogen-bond donors (Lipinski definition) is 2. The summed E-state index contributed by atoms with van der Waals surface area (Å²) in [5.74, 6) is -1.20. The highest BCUT2D eigenvalue weighted by Crippen LogP contribution is 2.16. The summed E-state index contributed by atoms with van der Waals surface area (Å²) in [6.45, 7) is 4.17. The van der Waals surface area contributed by atoms with Crippen LogP contribution in [0.3, 0.4) is 0 Å². The molecule has 1 aromatic heterocycles. The lowest BCUT2D eigenvalue weighted by molar-refractivity contribution is -0.136. The number of hydrazone groups is 1. The molecular formula is C17H18N4O2. The zero-order valence-corrected chi connectivity index (χ0v) is 13.0. The Morgan fingerprint density at radius 3 is 2.48 bits per heavy atom. The van der Waals surface area contributed by atoms with Crippen molar-refractivity contribution in [2.45, 2.75) is 19.8 Å². The van der Waals surface area contributed by atoms with E-state index in [-0.39, 0.29) is 0 Å². The van der Waals surface area contributed by atoms with Crippen molar-refractivity contribution in [1.29, 1.82) is 0 Å². The van der Waals surface area contributed by atoms with E-state index >= 15 is 0 Å². The third kappa shape index (κ3) is 5.03. The van der Waals surface area contributed by atoms with Crippen LogP contribution in [-0.4, -0.2) is 23.0 Å². The molecule has 1 aromatic carbocycles. The average molecular weight is 310 g/mol. The molecule has 2 aromatic rings. The van der Waals surface area contributed by atoms with Crippen molar-refractivity contribution in [2.75, 3.05) is 5.32 Å². The van der Waals surface area contributed by atoms with Gasteiger partial charge in [-0.05, 0) is 29.7 Å². The van der Waals surface area contributed by atoms with Crippen LogP contribution in [0.4, 0.5) is 5.69 Å². The number of hydrogen-bond acceptors (Lipinski definition) is 4. The fourth-order valence-corrected chi connectivity index (χ4v) is 1.81. The van der Waals surface area contributed by atoms with Crippen molar-refractivity contribution in [3.05, 3.63) is 59.9 Å². The standard InChI is InChI=1S/C17H18N4O2/c1-12(2)14-5-7-15(8-6-14)20-16(22)17(23)21-19-11-13-4-3-9-18-10-13/h3-12H,1-2H3,(H,20,22)(H,21,23)/b19-11-. The fourth-order valence-electron chi connectivity index (χ4n) is 1.81.